The Bertz CT molecular complexity index is 636. The lowest BCUT2D eigenvalue weighted by Gasteiger charge is -2.24. The second-order valence-electron chi connectivity index (χ2n) is 7.23. The average molecular weight is 531 g/mol. The molecule has 29 heavy (non-hydrogen) atoms. The number of guanidine groups is 1. The molecule has 2 rings (SSSR count). The third-order valence-electron chi connectivity index (χ3n) is 4.66. The van der Waals surface area contributed by atoms with Gasteiger partial charge in [-0.25, -0.2) is 4.39 Å². The molecule has 1 saturated heterocycles. The van der Waals surface area contributed by atoms with Crippen LogP contribution in [0.1, 0.15) is 24.9 Å². The Morgan fingerprint density at radius 2 is 1.93 bits per heavy atom. The Morgan fingerprint density at radius 3 is 2.48 bits per heavy atom. The number of likely N-dealkylation sites (N-methyl/N-ethyl adjacent to an activating group) is 1. The van der Waals surface area contributed by atoms with Crippen molar-refractivity contribution < 1.29 is 17.6 Å². The van der Waals surface area contributed by atoms with Crippen molar-refractivity contribution in [3.05, 3.63) is 35.6 Å². The summed E-state index contributed by atoms with van der Waals surface area (Å²) in [6, 6.07) is 6.20. The molecule has 5 nitrogen and oxygen atoms in total. The Morgan fingerprint density at radius 1 is 1.28 bits per heavy atom. The van der Waals surface area contributed by atoms with Gasteiger partial charge in [-0.2, -0.15) is 13.2 Å². The molecule has 1 aromatic rings. The van der Waals surface area contributed by atoms with Crippen LogP contribution in [0.2, 0.25) is 0 Å². The highest BCUT2D eigenvalue weighted by Gasteiger charge is 2.34. The van der Waals surface area contributed by atoms with Crippen LogP contribution in [0.15, 0.2) is 29.3 Å². The second kappa shape index (κ2) is 11.9. The lowest BCUT2D eigenvalue weighted by atomic mass is 10.1. The fraction of sp³-hybridized carbons (Fsp3) is 0.632. The first kappa shape index (κ1) is 25.9. The standard InChI is InChI=1S/C19H29F4N5.HI/c1-4-24-18(26-16-9-10-28(12-16)13-19(21,22)23)25-11-17(27(2)3)14-5-7-15(20)8-6-14;/h5-8,16-17H,4,9-13H2,1-3H3,(H2,24,25,26);1H. The molecule has 166 valence electrons. The lowest BCUT2D eigenvalue weighted by molar-refractivity contribution is -0.143. The normalized spacial score (nSPS) is 19.2. The highest BCUT2D eigenvalue weighted by molar-refractivity contribution is 14.0. The van der Waals surface area contributed by atoms with Gasteiger partial charge in [0.1, 0.15) is 5.82 Å². The average Bonchev–Trinajstić information content (AvgIpc) is 3.01. The Balaban J connectivity index is 0.00000420. The molecule has 0 amide bonds. The quantitative estimate of drug-likeness (QED) is 0.246. The maximum Gasteiger partial charge on any atom is 0.401 e. The summed E-state index contributed by atoms with van der Waals surface area (Å²) in [5, 5.41) is 6.39. The number of aliphatic imine (C=N–C) groups is 1. The highest BCUT2D eigenvalue weighted by atomic mass is 127. The zero-order valence-corrected chi connectivity index (χ0v) is 19.3. The Kier molecular flexibility index (Phi) is 10.6. The number of likely N-dealkylation sites (tertiary alicyclic amines) is 1. The minimum atomic E-state index is -4.18. The second-order valence-corrected chi connectivity index (χ2v) is 7.23. The number of rotatable bonds is 7. The zero-order chi connectivity index (χ0) is 20.7. The maximum atomic E-state index is 13.2. The van der Waals surface area contributed by atoms with Crippen molar-refractivity contribution in [3.63, 3.8) is 0 Å². The van der Waals surface area contributed by atoms with Gasteiger partial charge in [-0.05, 0) is 45.1 Å². The summed E-state index contributed by atoms with van der Waals surface area (Å²) in [6.07, 6.45) is -3.54. The summed E-state index contributed by atoms with van der Waals surface area (Å²) in [6.45, 7) is 2.88. The number of hydrogen-bond donors (Lipinski definition) is 2. The third-order valence-corrected chi connectivity index (χ3v) is 4.66. The molecule has 2 atom stereocenters. The van der Waals surface area contributed by atoms with E-state index in [0.717, 1.165) is 5.56 Å². The van der Waals surface area contributed by atoms with Crippen molar-refractivity contribution in [1.82, 2.24) is 20.4 Å². The molecular formula is C19H30F4IN5. The molecule has 0 saturated carbocycles. The van der Waals surface area contributed by atoms with Gasteiger partial charge in [-0.15, -0.1) is 24.0 Å². The number of benzene rings is 1. The monoisotopic (exact) mass is 531 g/mol. The fourth-order valence-electron chi connectivity index (χ4n) is 3.29. The Labute approximate surface area is 186 Å². The van der Waals surface area contributed by atoms with Crippen LogP contribution in [0, 0.1) is 5.82 Å². The van der Waals surface area contributed by atoms with Crippen LogP contribution in [0.4, 0.5) is 17.6 Å². The largest absolute Gasteiger partial charge is 0.401 e. The molecule has 0 aromatic heterocycles. The third kappa shape index (κ3) is 9.04. The summed E-state index contributed by atoms with van der Waals surface area (Å²) >= 11 is 0. The van der Waals surface area contributed by atoms with E-state index in [-0.39, 0.29) is 41.9 Å². The van der Waals surface area contributed by atoms with Crippen molar-refractivity contribution in [2.75, 3.05) is 46.8 Å². The fourth-order valence-corrected chi connectivity index (χ4v) is 3.29. The van der Waals surface area contributed by atoms with E-state index in [1.807, 2.05) is 25.9 Å². The highest BCUT2D eigenvalue weighted by Crippen LogP contribution is 2.21. The minimum Gasteiger partial charge on any atom is -0.357 e. The van der Waals surface area contributed by atoms with Crippen molar-refractivity contribution in [3.8, 4) is 0 Å². The van der Waals surface area contributed by atoms with E-state index in [4.69, 9.17) is 0 Å². The van der Waals surface area contributed by atoms with Gasteiger partial charge in [-0.3, -0.25) is 9.89 Å². The summed E-state index contributed by atoms with van der Waals surface area (Å²) in [4.78, 5) is 8.02. The molecule has 0 bridgehead atoms. The molecule has 2 N–H and O–H groups in total. The van der Waals surface area contributed by atoms with E-state index >= 15 is 0 Å². The van der Waals surface area contributed by atoms with Crippen LogP contribution in [-0.4, -0.2) is 74.8 Å². The Hall–Kier alpha value is -1.14. The van der Waals surface area contributed by atoms with E-state index in [1.165, 1.54) is 17.0 Å². The van der Waals surface area contributed by atoms with Crippen LogP contribution in [0.5, 0.6) is 0 Å². The van der Waals surface area contributed by atoms with E-state index in [0.29, 0.717) is 38.6 Å². The summed E-state index contributed by atoms with van der Waals surface area (Å²) in [5.41, 5.74) is 0.947. The van der Waals surface area contributed by atoms with Crippen LogP contribution in [0.25, 0.3) is 0 Å². The first-order valence-corrected chi connectivity index (χ1v) is 9.43. The van der Waals surface area contributed by atoms with Crippen molar-refractivity contribution >= 4 is 29.9 Å². The zero-order valence-electron chi connectivity index (χ0n) is 17.0. The van der Waals surface area contributed by atoms with Crippen molar-refractivity contribution in [2.24, 2.45) is 4.99 Å². The van der Waals surface area contributed by atoms with E-state index in [1.54, 1.807) is 12.1 Å². The molecule has 0 aliphatic carbocycles. The number of hydrogen-bond acceptors (Lipinski definition) is 3. The summed E-state index contributed by atoms with van der Waals surface area (Å²) in [7, 11) is 3.85. The molecule has 10 heteroatoms. The molecule has 1 aliphatic heterocycles. The van der Waals surface area contributed by atoms with Crippen LogP contribution >= 0.6 is 24.0 Å². The predicted octanol–water partition coefficient (Wildman–Crippen LogP) is 3.24. The molecule has 1 aromatic carbocycles. The van der Waals surface area contributed by atoms with Crippen LogP contribution < -0.4 is 10.6 Å². The first-order valence-electron chi connectivity index (χ1n) is 9.43. The van der Waals surface area contributed by atoms with E-state index in [9.17, 15) is 17.6 Å². The van der Waals surface area contributed by atoms with Gasteiger partial charge in [0.05, 0.1) is 19.1 Å². The maximum absolute atomic E-state index is 13.2. The van der Waals surface area contributed by atoms with Gasteiger partial charge >= 0.3 is 6.18 Å². The van der Waals surface area contributed by atoms with Crippen molar-refractivity contribution in [2.45, 2.75) is 31.6 Å². The first-order chi connectivity index (χ1) is 13.2. The number of nitrogens with one attached hydrogen (secondary N) is 2. The summed E-state index contributed by atoms with van der Waals surface area (Å²) in [5.74, 6) is 0.291. The van der Waals surface area contributed by atoms with E-state index in [2.05, 4.69) is 15.6 Å². The van der Waals surface area contributed by atoms with Crippen LogP contribution in [0.3, 0.4) is 0 Å². The molecular weight excluding hydrogens is 501 g/mol. The number of nitrogens with zero attached hydrogens (tertiary/aromatic N) is 3. The van der Waals surface area contributed by atoms with Gasteiger partial charge < -0.3 is 15.5 Å². The van der Waals surface area contributed by atoms with Gasteiger partial charge in [0, 0.05) is 25.7 Å². The molecule has 0 spiro atoms. The van der Waals surface area contributed by atoms with E-state index < -0.39 is 12.7 Å². The lowest BCUT2D eigenvalue weighted by Crippen LogP contribution is -2.45. The van der Waals surface area contributed by atoms with Crippen molar-refractivity contribution in [1.29, 1.82) is 0 Å². The topological polar surface area (TPSA) is 42.9 Å². The minimum absolute atomic E-state index is 0. The van der Waals surface area contributed by atoms with Gasteiger partial charge in [0.15, 0.2) is 5.96 Å². The SMILES string of the molecule is CCNC(=NCC(c1ccc(F)cc1)N(C)C)NC1CCN(CC(F)(F)F)C1.I. The van der Waals surface area contributed by atoms with Gasteiger partial charge in [-0.1, -0.05) is 12.1 Å². The smallest absolute Gasteiger partial charge is 0.357 e. The van der Waals surface area contributed by atoms with Gasteiger partial charge in [0.25, 0.3) is 0 Å². The number of alkyl halides is 3. The van der Waals surface area contributed by atoms with Gasteiger partial charge in [0.2, 0.25) is 0 Å². The molecule has 1 fully saturated rings. The molecule has 1 aliphatic rings. The molecule has 2 unspecified atom stereocenters. The molecule has 0 radical (unpaired) electrons. The van der Waals surface area contributed by atoms with Crippen LogP contribution in [-0.2, 0) is 0 Å². The molecule has 1 heterocycles. The summed E-state index contributed by atoms with van der Waals surface area (Å²) < 4.78 is 50.9. The predicted molar refractivity (Wildman–Crippen MR) is 118 cm³/mol. The number of halogens is 5.